The zero-order chi connectivity index (χ0) is 9.14. The molecule has 0 aromatic carbocycles. The summed E-state index contributed by atoms with van der Waals surface area (Å²) in [6.45, 7) is 7.04. The van der Waals surface area contributed by atoms with Crippen molar-refractivity contribution in [2.45, 2.75) is 39.3 Å². The van der Waals surface area contributed by atoms with Gasteiger partial charge in [-0.15, -0.1) is 0 Å². The van der Waals surface area contributed by atoms with Gasteiger partial charge in [0, 0.05) is 12.6 Å². The van der Waals surface area contributed by atoms with Gasteiger partial charge in [0.2, 0.25) is 5.91 Å². The van der Waals surface area contributed by atoms with Gasteiger partial charge in [0.15, 0.2) is 0 Å². The lowest BCUT2D eigenvalue weighted by Crippen LogP contribution is -2.59. The predicted molar refractivity (Wildman–Crippen MR) is 48.9 cm³/mol. The van der Waals surface area contributed by atoms with E-state index in [0.29, 0.717) is 12.0 Å². The molecule has 70 valence electrons. The highest BCUT2D eigenvalue weighted by molar-refractivity contribution is 5.82. The summed E-state index contributed by atoms with van der Waals surface area (Å²) in [6.07, 6.45) is 1.07. The van der Waals surface area contributed by atoms with Gasteiger partial charge in [0.1, 0.15) is 0 Å². The third-order valence-electron chi connectivity index (χ3n) is 2.38. The predicted octanol–water partition coefficient (Wildman–Crippen LogP) is 0.509. The second-order valence-electron chi connectivity index (χ2n) is 3.74. The number of carbonyl (C=O) groups is 1. The van der Waals surface area contributed by atoms with Crippen molar-refractivity contribution in [3.63, 3.8) is 0 Å². The Balaban J connectivity index is 2.53. The van der Waals surface area contributed by atoms with E-state index < -0.39 is 0 Å². The summed E-state index contributed by atoms with van der Waals surface area (Å²) < 4.78 is 0. The van der Waals surface area contributed by atoms with Crippen molar-refractivity contribution < 1.29 is 4.79 Å². The van der Waals surface area contributed by atoms with Crippen molar-refractivity contribution in [3.8, 4) is 0 Å². The SMILES string of the molecule is CCC1CNC(=O)[C@H](C(C)C)N1. The summed E-state index contributed by atoms with van der Waals surface area (Å²) in [7, 11) is 0. The first-order valence-electron chi connectivity index (χ1n) is 4.69. The Morgan fingerprint density at radius 3 is 2.75 bits per heavy atom. The van der Waals surface area contributed by atoms with Crippen LogP contribution in [0.4, 0.5) is 0 Å². The molecule has 0 saturated carbocycles. The van der Waals surface area contributed by atoms with Gasteiger partial charge in [-0.3, -0.25) is 4.79 Å². The van der Waals surface area contributed by atoms with Crippen LogP contribution in [0, 0.1) is 5.92 Å². The Morgan fingerprint density at radius 2 is 2.25 bits per heavy atom. The topological polar surface area (TPSA) is 41.1 Å². The van der Waals surface area contributed by atoms with Crippen LogP contribution in [-0.2, 0) is 4.79 Å². The molecule has 0 aromatic rings. The summed E-state index contributed by atoms with van der Waals surface area (Å²) in [5.74, 6) is 0.522. The number of carbonyl (C=O) groups excluding carboxylic acids is 1. The maximum atomic E-state index is 11.3. The largest absolute Gasteiger partial charge is 0.353 e. The van der Waals surface area contributed by atoms with Crippen LogP contribution in [-0.4, -0.2) is 24.5 Å². The van der Waals surface area contributed by atoms with Gasteiger partial charge in [0.05, 0.1) is 6.04 Å². The van der Waals surface area contributed by atoms with Gasteiger partial charge in [-0.05, 0) is 12.3 Å². The second kappa shape index (κ2) is 3.90. The summed E-state index contributed by atoms with van der Waals surface area (Å²) in [6, 6.07) is 0.457. The van der Waals surface area contributed by atoms with Crippen LogP contribution in [0.15, 0.2) is 0 Å². The third kappa shape index (κ3) is 1.97. The van der Waals surface area contributed by atoms with Crippen molar-refractivity contribution in [2.75, 3.05) is 6.54 Å². The van der Waals surface area contributed by atoms with Gasteiger partial charge in [-0.2, -0.15) is 0 Å². The molecule has 0 aromatic heterocycles. The van der Waals surface area contributed by atoms with Gasteiger partial charge in [-0.1, -0.05) is 20.8 Å². The van der Waals surface area contributed by atoms with E-state index in [4.69, 9.17) is 0 Å². The van der Waals surface area contributed by atoms with Crippen molar-refractivity contribution in [1.29, 1.82) is 0 Å². The van der Waals surface area contributed by atoms with Crippen LogP contribution in [0.3, 0.4) is 0 Å². The van der Waals surface area contributed by atoms with Crippen LogP contribution in [0.2, 0.25) is 0 Å². The highest BCUT2D eigenvalue weighted by atomic mass is 16.2. The van der Waals surface area contributed by atoms with Crippen LogP contribution >= 0.6 is 0 Å². The molecular weight excluding hydrogens is 152 g/mol. The monoisotopic (exact) mass is 170 g/mol. The quantitative estimate of drug-likeness (QED) is 0.634. The van der Waals surface area contributed by atoms with E-state index >= 15 is 0 Å². The average molecular weight is 170 g/mol. The average Bonchev–Trinajstić information content (AvgIpc) is 2.05. The molecule has 2 atom stereocenters. The molecule has 0 bridgehead atoms. The lowest BCUT2D eigenvalue weighted by atomic mass is 9.99. The third-order valence-corrected chi connectivity index (χ3v) is 2.38. The van der Waals surface area contributed by atoms with E-state index in [1.807, 2.05) is 0 Å². The standard InChI is InChI=1S/C9H18N2O/c1-4-7-5-10-9(12)8(11-7)6(2)3/h6-8,11H,4-5H2,1-3H3,(H,10,12)/t7?,8-/m0/s1. The molecule has 0 radical (unpaired) electrons. The second-order valence-corrected chi connectivity index (χ2v) is 3.74. The molecule has 1 heterocycles. The van der Waals surface area contributed by atoms with Gasteiger partial charge < -0.3 is 10.6 Å². The van der Waals surface area contributed by atoms with E-state index in [2.05, 4.69) is 31.4 Å². The van der Waals surface area contributed by atoms with E-state index in [-0.39, 0.29) is 11.9 Å². The molecule has 3 nitrogen and oxygen atoms in total. The molecule has 1 saturated heterocycles. The first-order chi connectivity index (χ1) is 5.65. The number of hydrogen-bond acceptors (Lipinski definition) is 2. The molecule has 1 amide bonds. The Hall–Kier alpha value is -0.570. The number of nitrogens with one attached hydrogen (secondary N) is 2. The summed E-state index contributed by atoms with van der Waals surface area (Å²) in [5, 5.41) is 6.25. The van der Waals surface area contributed by atoms with E-state index in [0.717, 1.165) is 13.0 Å². The van der Waals surface area contributed by atoms with Gasteiger partial charge in [0.25, 0.3) is 0 Å². The van der Waals surface area contributed by atoms with Crippen molar-refractivity contribution in [3.05, 3.63) is 0 Å². The van der Waals surface area contributed by atoms with Crippen LogP contribution < -0.4 is 10.6 Å². The van der Waals surface area contributed by atoms with Crippen LogP contribution in [0.1, 0.15) is 27.2 Å². The number of amides is 1. The maximum Gasteiger partial charge on any atom is 0.237 e. The Kier molecular flexibility index (Phi) is 3.09. The van der Waals surface area contributed by atoms with Crippen LogP contribution in [0.25, 0.3) is 0 Å². The van der Waals surface area contributed by atoms with Crippen molar-refractivity contribution >= 4 is 5.91 Å². The Morgan fingerprint density at radius 1 is 1.58 bits per heavy atom. The first kappa shape index (κ1) is 9.52. The molecule has 3 heteroatoms. The molecule has 12 heavy (non-hydrogen) atoms. The fourth-order valence-corrected chi connectivity index (χ4v) is 1.48. The van der Waals surface area contributed by atoms with Crippen LogP contribution in [0.5, 0.6) is 0 Å². The fourth-order valence-electron chi connectivity index (χ4n) is 1.48. The lowest BCUT2D eigenvalue weighted by Gasteiger charge is -2.32. The Labute approximate surface area is 73.9 Å². The summed E-state index contributed by atoms with van der Waals surface area (Å²) >= 11 is 0. The minimum absolute atomic E-state index is 0.00343. The molecule has 1 aliphatic heterocycles. The smallest absolute Gasteiger partial charge is 0.237 e. The van der Waals surface area contributed by atoms with Gasteiger partial charge in [-0.25, -0.2) is 0 Å². The Bertz CT molecular complexity index is 168. The fraction of sp³-hybridized carbons (Fsp3) is 0.889. The molecule has 0 spiro atoms. The minimum atomic E-state index is 0.00343. The molecule has 1 unspecified atom stereocenters. The summed E-state index contributed by atoms with van der Waals surface area (Å²) in [4.78, 5) is 11.3. The molecule has 1 rings (SSSR count). The van der Waals surface area contributed by atoms with E-state index in [9.17, 15) is 4.79 Å². The zero-order valence-corrected chi connectivity index (χ0v) is 8.05. The maximum absolute atomic E-state index is 11.3. The first-order valence-corrected chi connectivity index (χ1v) is 4.69. The summed E-state index contributed by atoms with van der Waals surface area (Å²) in [5.41, 5.74) is 0. The van der Waals surface area contributed by atoms with E-state index in [1.165, 1.54) is 0 Å². The molecule has 1 aliphatic rings. The van der Waals surface area contributed by atoms with Crippen molar-refractivity contribution in [2.24, 2.45) is 5.92 Å². The normalized spacial score (nSPS) is 30.5. The molecular formula is C9H18N2O. The lowest BCUT2D eigenvalue weighted by molar-refractivity contribution is -0.126. The minimum Gasteiger partial charge on any atom is -0.353 e. The van der Waals surface area contributed by atoms with Gasteiger partial charge >= 0.3 is 0 Å². The van der Waals surface area contributed by atoms with E-state index in [1.54, 1.807) is 0 Å². The number of piperazine rings is 1. The molecule has 0 aliphatic carbocycles. The molecule has 1 fully saturated rings. The number of hydrogen-bond donors (Lipinski definition) is 2. The highest BCUT2D eigenvalue weighted by Crippen LogP contribution is 2.07. The highest BCUT2D eigenvalue weighted by Gasteiger charge is 2.28. The molecule has 2 N–H and O–H groups in total. The zero-order valence-electron chi connectivity index (χ0n) is 8.05. The van der Waals surface area contributed by atoms with Crippen molar-refractivity contribution in [1.82, 2.24) is 10.6 Å². The number of rotatable bonds is 2.